The highest BCUT2D eigenvalue weighted by molar-refractivity contribution is 5.96. The highest BCUT2D eigenvalue weighted by Crippen LogP contribution is 2.28. The predicted octanol–water partition coefficient (Wildman–Crippen LogP) is 4.55. The first-order valence-electron chi connectivity index (χ1n) is 7.38. The summed E-state index contributed by atoms with van der Waals surface area (Å²) in [6.45, 7) is 1.98. The topological polar surface area (TPSA) is 26.3 Å². The molecule has 1 aromatic rings. The summed E-state index contributed by atoms with van der Waals surface area (Å²) in [6, 6.07) is 5.72. The lowest BCUT2D eigenvalue weighted by Crippen LogP contribution is -2.09. The maximum absolute atomic E-state index is 12.2. The van der Waals surface area contributed by atoms with E-state index in [0.29, 0.717) is 6.42 Å². The summed E-state index contributed by atoms with van der Waals surface area (Å²) >= 11 is 0. The molecule has 0 heterocycles. The minimum atomic E-state index is 0.274. The van der Waals surface area contributed by atoms with E-state index in [1.807, 2.05) is 25.1 Å². The number of hydrogen-bond donors (Lipinski definition) is 0. The number of benzene rings is 1. The third kappa shape index (κ3) is 3.82. The molecule has 0 spiro atoms. The van der Waals surface area contributed by atoms with Crippen molar-refractivity contribution in [1.29, 1.82) is 0 Å². The van der Waals surface area contributed by atoms with E-state index in [4.69, 9.17) is 4.74 Å². The number of rotatable bonds is 5. The normalized spacial score (nSPS) is 16.3. The number of Topliss-reactive ketones (excluding diaryl/α,β-unsaturated/α-hetero) is 1. The molecule has 2 heteroatoms. The first kappa shape index (κ1) is 14.1. The summed E-state index contributed by atoms with van der Waals surface area (Å²) in [7, 11) is 1.66. The van der Waals surface area contributed by atoms with Gasteiger partial charge in [-0.3, -0.25) is 4.79 Å². The van der Waals surface area contributed by atoms with Crippen LogP contribution in [0.3, 0.4) is 0 Å². The Balaban J connectivity index is 1.90. The van der Waals surface area contributed by atoms with Gasteiger partial charge in [0.25, 0.3) is 0 Å². The SMILES string of the molecule is COc1ccc(C(=O)CCC2CCCCC2)cc1C. The molecule has 0 atom stereocenters. The maximum atomic E-state index is 12.2. The molecular weight excluding hydrogens is 236 g/mol. The summed E-state index contributed by atoms with van der Waals surface area (Å²) in [5, 5.41) is 0. The Bertz CT molecular complexity index is 431. The second-order valence-electron chi connectivity index (χ2n) is 5.65. The van der Waals surface area contributed by atoms with Gasteiger partial charge >= 0.3 is 0 Å². The average molecular weight is 260 g/mol. The molecule has 0 saturated heterocycles. The van der Waals surface area contributed by atoms with Crippen LogP contribution in [0.1, 0.15) is 60.9 Å². The third-order valence-corrected chi connectivity index (χ3v) is 4.22. The van der Waals surface area contributed by atoms with Crippen LogP contribution in [-0.2, 0) is 0 Å². The molecular formula is C17H24O2. The van der Waals surface area contributed by atoms with Crippen LogP contribution in [0.15, 0.2) is 18.2 Å². The molecule has 1 aromatic carbocycles. The molecule has 2 rings (SSSR count). The van der Waals surface area contributed by atoms with Crippen LogP contribution in [0, 0.1) is 12.8 Å². The molecule has 0 aliphatic heterocycles. The number of methoxy groups -OCH3 is 1. The molecule has 1 fully saturated rings. The average Bonchev–Trinajstić information content (AvgIpc) is 2.45. The van der Waals surface area contributed by atoms with E-state index in [1.54, 1.807) is 7.11 Å². The Morgan fingerprint density at radius 1 is 1.26 bits per heavy atom. The van der Waals surface area contributed by atoms with Crippen LogP contribution < -0.4 is 4.74 Å². The van der Waals surface area contributed by atoms with Crippen molar-refractivity contribution < 1.29 is 9.53 Å². The lowest BCUT2D eigenvalue weighted by Gasteiger charge is -2.20. The van der Waals surface area contributed by atoms with Crippen molar-refractivity contribution >= 4 is 5.78 Å². The quantitative estimate of drug-likeness (QED) is 0.726. The van der Waals surface area contributed by atoms with Crippen molar-refractivity contribution in [2.45, 2.75) is 51.9 Å². The van der Waals surface area contributed by atoms with Gasteiger partial charge in [-0.05, 0) is 43.0 Å². The maximum Gasteiger partial charge on any atom is 0.162 e. The van der Waals surface area contributed by atoms with E-state index in [1.165, 1.54) is 32.1 Å². The number of aryl methyl sites for hydroxylation is 1. The van der Waals surface area contributed by atoms with Gasteiger partial charge < -0.3 is 4.74 Å². The lowest BCUT2D eigenvalue weighted by atomic mass is 9.85. The van der Waals surface area contributed by atoms with Crippen molar-refractivity contribution in [3.05, 3.63) is 29.3 Å². The van der Waals surface area contributed by atoms with E-state index in [-0.39, 0.29) is 5.78 Å². The first-order valence-corrected chi connectivity index (χ1v) is 7.38. The third-order valence-electron chi connectivity index (χ3n) is 4.22. The smallest absolute Gasteiger partial charge is 0.162 e. The van der Waals surface area contributed by atoms with E-state index >= 15 is 0 Å². The van der Waals surface area contributed by atoms with Crippen LogP contribution in [0.2, 0.25) is 0 Å². The number of carbonyl (C=O) groups excluding carboxylic acids is 1. The summed E-state index contributed by atoms with van der Waals surface area (Å²) < 4.78 is 5.22. The fraction of sp³-hybridized carbons (Fsp3) is 0.588. The highest BCUT2D eigenvalue weighted by Gasteiger charge is 2.15. The van der Waals surface area contributed by atoms with E-state index in [0.717, 1.165) is 29.2 Å². The van der Waals surface area contributed by atoms with Crippen molar-refractivity contribution in [2.24, 2.45) is 5.92 Å². The second kappa shape index (κ2) is 6.74. The summed E-state index contributed by atoms with van der Waals surface area (Å²) in [5.74, 6) is 1.90. The molecule has 0 bridgehead atoms. The van der Waals surface area contributed by atoms with Gasteiger partial charge in [0, 0.05) is 12.0 Å². The summed E-state index contributed by atoms with van der Waals surface area (Å²) in [6.07, 6.45) is 8.45. The van der Waals surface area contributed by atoms with Crippen molar-refractivity contribution in [1.82, 2.24) is 0 Å². The number of ether oxygens (including phenoxy) is 1. The molecule has 0 unspecified atom stereocenters. The fourth-order valence-electron chi connectivity index (χ4n) is 3.01. The summed E-state index contributed by atoms with van der Waals surface area (Å²) in [5.41, 5.74) is 1.86. The fourth-order valence-corrected chi connectivity index (χ4v) is 3.01. The monoisotopic (exact) mass is 260 g/mol. The van der Waals surface area contributed by atoms with Crippen LogP contribution in [0.4, 0.5) is 0 Å². The molecule has 1 saturated carbocycles. The second-order valence-corrected chi connectivity index (χ2v) is 5.65. The van der Waals surface area contributed by atoms with Gasteiger partial charge in [0.05, 0.1) is 7.11 Å². The molecule has 0 radical (unpaired) electrons. The van der Waals surface area contributed by atoms with Crippen molar-refractivity contribution in [3.63, 3.8) is 0 Å². The van der Waals surface area contributed by atoms with Crippen LogP contribution in [0.5, 0.6) is 5.75 Å². The van der Waals surface area contributed by atoms with Crippen LogP contribution >= 0.6 is 0 Å². The zero-order valence-electron chi connectivity index (χ0n) is 12.1. The molecule has 1 aliphatic rings. The molecule has 1 aliphatic carbocycles. The van der Waals surface area contributed by atoms with Gasteiger partial charge in [-0.25, -0.2) is 0 Å². The molecule has 0 amide bonds. The van der Waals surface area contributed by atoms with Crippen molar-refractivity contribution in [2.75, 3.05) is 7.11 Å². The Labute approximate surface area is 116 Å². The van der Waals surface area contributed by atoms with E-state index < -0.39 is 0 Å². The van der Waals surface area contributed by atoms with Gasteiger partial charge in [-0.15, -0.1) is 0 Å². The van der Waals surface area contributed by atoms with Gasteiger partial charge in [0.2, 0.25) is 0 Å². The zero-order chi connectivity index (χ0) is 13.7. The molecule has 104 valence electrons. The van der Waals surface area contributed by atoms with Gasteiger partial charge in [0.15, 0.2) is 5.78 Å². The van der Waals surface area contributed by atoms with Crippen LogP contribution in [0.25, 0.3) is 0 Å². The molecule has 0 N–H and O–H groups in total. The highest BCUT2D eigenvalue weighted by atomic mass is 16.5. The minimum absolute atomic E-state index is 0.274. The molecule has 0 aromatic heterocycles. The van der Waals surface area contributed by atoms with Gasteiger partial charge in [-0.1, -0.05) is 32.1 Å². The Morgan fingerprint density at radius 3 is 2.63 bits per heavy atom. The van der Waals surface area contributed by atoms with E-state index in [2.05, 4.69) is 0 Å². The van der Waals surface area contributed by atoms with Crippen LogP contribution in [-0.4, -0.2) is 12.9 Å². The minimum Gasteiger partial charge on any atom is -0.496 e. The number of ketones is 1. The number of hydrogen-bond acceptors (Lipinski definition) is 2. The molecule has 2 nitrogen and oxygen atoms in total. The van der Waals surface area contributed by atoms with E-state index in [9.17, 15) is 4.79 Å². The first-order chi connectivity index (χ1) is 9.20. The lowest BCUT2D eigenvalue weighted by molar-refractivity contribution is 0.0970. The Hall–Kier alpha value is -1.31. The Morgan fingerprint density at radius 2 is 2.00 bits per heavy atom. The van der Waals surface area contributed by atoms with Gasteiger partial charge in [0.1, 0.15) is 5.75 Å². The largest absolute Gasteiger partial charge is 0.496 e. The molecule has 19 heavy (non-hydrogen) atoms. The van der Waals surface area contributed by atoms with Gasteiger partial charge in [-0.2, -0.15) is 0 Å². The summed E-state index contributed by atoms with van der Waals surface area (Å²) in [4.78, 5) is 12.2. The Kier molecular flexibility index (Phi) is 5.00. The predicted molar refractivity (Wildman–Crippen MR) is 77.9 cm³/mol. The number of carbonyl (C=O) groups is 1. The standard InChI is InChI=1S/C17H24O2/c1-13-12-15(9-11-17(13)19-2)16(18)10-8-14-6-4-3-5-7-14/h9,11-12,14H,3-8,10H2,1-2H3. The zero-order valence-corrected chi connectivity index (χ0v) is 12.1. The van der Waals surface area contributed by atoms with Crippen molar-refractivity contribution in [3.8, 4) is 5.75 Å².